The summed E-state index contributed by atoms with van der Waals surface area (Å²) in [5, 5.41) is 21.4. The van der Waals surface area contributed by atoms with Crippen LogP contribution in [0.4, 0.5) is 5.69 Å². The lowest BCUT2D eigenvalue weighted by atomic mass is 10.1. The Labute approximate surface area is 142 Å². The van der Waals surface area contributed by atoms with E-state index in [9.17, 15) is 15.2 Å². The zero-order valence-corrected chi connectivity index (χ0v) is 13.8. The van der Waals surface area contributed by atoms with E-state index >= 15 is 0 Å². The number of amides is 1. The topological polar surface area (TPSA) is 82.3 Å². The van der Waals surface area contributed by atoms with Crippen LogP contribution in [-0.4, -0.2) is 18.1 Å². The number of hydrogen-bond acceptors (Lipinski definition) is 4. The van der Waals surface area contributed by atoms with Crippen LogP contribution in [0.5, 0.6) is 11.5 Å². The Morgan fingerprint density at radius 2 is 2.00 bits per heavy atom. The number of benzene rings is 2. The van der Waals surface area contributed by atoms with Gasteiger partial charge in [0.25, 0.3) is 5.91 Å². The molecule has 0 aliphatic carbocycles. The van der Waals surface area contributed by atoms with Gasteiger partial charge in [0.2, 0.25) is 0 Å². The summed E-state index contributed by atoms with van der Waals surface area (Å²) in [4.78, 5) is 12.2. The van der Waals surface area contributed by atoms with Gasteiger partial charge in [0.15, 0.2) is 11.5 Å². The summed E-state index contributed by atoms with van der Waals surface area (Å²) in [6, 6.07) is 13.5. The quantitative estimate of drug-likeness (QED) is 0.632. The fourth-order valence-corrected chi connectivity index (χ4v) is 2.10. The molecule has 5 nitrogen and oxygen atoms in total. The lowest BCUT2D eigenvalue weighted by molar-refractivity contribution is -0.112. The second-order valence-corrected chi connectivity index (χ2v) is 5.48. The van der Waals surface area contributed by atoms with Gasteiger partial charge in [-0.05, 0) is 48.0 Å². The lowest BCUT2D eigenvalue weighted by Gasteiger charge is -2.06. The molecular weight excluding hydrogens is 360 g/mol. The van der Waals surface area contributed by atoms with Crippen LogP contribution in [-0.2, 0) is 4.79 Å². The molecule has 0 aliphatic heterocycles. The molecule has 0 aliphatic rings. The zero-order chi connectivity index (χ0) is 16.8. The van der Waals surface area contributed by atoms with Crippen LogP contribution in [0.15, 0.2) is 52.5 Å². The summed E-state index contributed by atoms with van der Waals surface area (Å²) >= 11 is 3.31. The third kappa shape index (κ3) is 4.34. The number of methoxy groups -OCH3 is 1. The Bertz CT molecular complexity index is 792. The van der Waals surface area contributed by atoms with Gasteiger partial charge in [0.05, 0.1) is 7.11 Å². The zero-order valence-electron chi connectivity index (χ0n) is 12.2. The average molecular weight is 373 g/mol. The van der Waals surface area contributed by atoms with Gasteiger partial charge < -0.3 is 15.2 Å². The molecule has 2 aromatic carbocycles. The van der Waals surface area contributed by atoms with Gasteiger partial charge in [-0.3, -0.25) is 4.79 Å². The number of nitrogens with one attached hydrogen (secondary N) is 1. The molecule has 116 valence electrons. The molecule has 0 bridgehead atoms. The highest BCUT2D eigenvalue weighted by molar-refractivity contribution is 9.10. The van der Waals surface area contributed by atoms with Crippen LogP contribution in [0.3, 0.4) is 0 Å². The van der Waals surface area contributed by atoms with Gasteiger partial charge >= 0.3 is 0 Å². The van der Waals surface area contributed by atoms with E-state index in [4.69, 9.17) is 4.74 Å². The highest BCUT2D eigenvalue weighted by Gasteiger charge is 2.10. The number of halogens is 1. The minimum absolute atomic E-state index is 0.0116. The molecule has 23 heavy (non-hydrogen) atoms. The first-order chi connectivity index (χ1) is 11.0. The van der Waals surface area contributed by atoms with E-state index in [1.807, 2.05) is 6.07 Å². The Balaban J connectivity index is 2.23. The summed E-state index contributed by atoms with van der Waals surface area (Å²) in [6.45, 7) is 0. The molecule has 0 unspecified atom stereocenters. The molecule has 2 rings (SSSR count). The van der Waals surface area contributed by atoms with Crippen molar-refractivity contribution in [3.63, 3.8) is 0 Å². The maximum absolute atomic E-state index is 12.2. The predicted molar refractivity (Wildman–Crippen MR) is 91.0 cm³/mol. The average Bonchev–Trinajstić information content (AvgIpc) is 2.56. The van der Waals surface area contributed by atoms with Crippen molar-refractivity contribution < 1.29 is 14.6 Å². The maximum Gasteiger partial charge on any atom is 0.266 e. The fraction of sp³-hybridized carbons (Fsp3) is 0.0588. The van der Waals surface area contributed by atoms with Crippen molar-refractivity contribution in [3.05, 3.63) is 58.1 Å². The molecule has 0 heterocycles. The van der Waals surface area contributed by atoms with Crippen molar-refractivity contribution in [1.29, 1.82) is 5.26 Å². The van der Waals surface area contributed by atoms with Crippen molar-refractivity contribution in [2.45, 2.75) is 0 Å². The first kappa shape index (κ1) is 16.6. The van der Waals surface area contributed by atoms with Crippen LogP contribution in [0, 0.1) is 11.3 Å². The number of anilines is 1. The van der Waals surface area contributed by atoms with E-state index in [1.54, 1.807) is 36.4 Å². The standard InChI is InChI=1S/C17H13BrN2O3/c1-23-16-9-11(2-7-15(16)21)8-12(10-19)17(22)20-14-5-3-13(18)4-6-14/h2-9,21H,1H3,(H,20,22)/b12-8-. The smallest absolute Gasteiger partial charge is 0.266 e. The number of hydrogen-bond donors (Lipinski definition) is 2. The van der Waals surface area contributed by atoms with Gasteiger partial charge in [-0.15, -0.1) is 0 Å². The van der Waals surface area contributed by atoms with Crippen molar-refractivity contribution in [2.24, 2.45) is 0 Å². The molecule has 0 radical (unpaired) electrons. The van der Waals surface area contributed by atoms with Crippen molar-refractivity contribution in [1.82, 2.24) is 0 Å². The molecule has 0 aromatic heterocycles. The number of rotatable bonds is 4. The normalized spacial score (nSPS) is 10.7. The molecule has 0 fully saturated rings. The minimum Gasteiger partial charge on any atom is -0.504 e. The Morgan fingerprint density at radius 1 is 1.30 bits per heavy atom. The maximum atomic E-state index is 12.2. The summed E-state index contributed by atoms with van der Waals surface area (Å²) < 4.78 is 5.89. The molecule has 2 aromatic rings. The number of nitrogens with zero attached hydrogens (tertiary/aromatic N) is 1. The highest BCUT2D eigenvalue weighted by Crippen LogP contribution is 2.27. The fourth-order valence-electron chi connectivity index (χ4n) is 1.83. The van der Waals surface area contributed by atoms with E-state index in [2.05, 4.69) is 21.2 Å². The third-order valence-electron chi connectivity index (χ3n) is 2.98. The van der Waals surface area contributed by atoms with Gasteiger partial charge in [0.1, 0.15) is 11.6 Å². The Kier molecular flexibility index (Phi) is 5.39. The van der Waals surface area contributed by atoms with Gasteiger partial charge in [-0.1, -0.05) is 22.0 Å². The number of carbonyl (C=O) groups is 1. The summed E-state index contributed by atoms with van der Waals surface area (Å²) in [5.41, 5.74) is 1.10. The van der Waals surface area contributed by atoms with Crippen LogP contribution in [0.1, 0.15) is 5.56 Å². The molecule has 0 saturated carbocycles. The molecule has 0 atom stereocenters. The van der Waals surface area contributed by atoms with Gasteiger partial charge in [-0.25, -0.2) is 0 Å². The number of ether oxygens (including phenoxy) is 1. The molecule has 6 heteroatoms. The minimum atomic E-state index is -0.512. The van der Waals surface area contributed by atoms with E-state index < -0.39 is 5.91 Å². The van der Waals surface area contributed by atoms with Gasteiger partial charge in [0, 0.05) is 10.2 Å². The summed E-state index contributed by atoms with van der Waals surface area (Å²) in [6.07, 6.45) is 1.43. The first-order valence-corrected chi connectivity index (χ1v) is 7.38. The number of carbonyl (C=O) groups excluding carboxylic acids is 1. The van der Waals surface area contributed by atoms with Crippen molar-refractivity contribution in [3.8, 4) is 17.6 Å². The van der Waals surface area contributed by atoms with E-state index in [0.29, 0.717) is 11.3 Å². The Hall–Kier alpha value is -2.78. The van der Waals surface area contributed by atoms with Crippen LogP contribution in [0.2, 0.25) is 0 Å². The number of phenolic OH excluding ortho intramolecular Hbond substituents is 1. The van der Waals surface area contributed by atoms with Crippen LogP contribution >= 0.6 is 15.9 Å². The Morgan fingerprint density at radius 3 is 2.61 bits per heavy atom. The predicted octanol–water partition coefficient (Wildman–Crippen LogP) is 3.71. The number of nitriles is 1. The molecule has 0 saturated heterocycles. The van der Waals surface area contributed by atoms with Crippen molar-refractivity contribution in [2.75, 3.05) is 12.4 Å². The third-order valence-corrected chi connectivity index (χ3v) is 3.51. The van der Waals surface area contributed by atoms with E-state index in [0.717, 1.165) is 4.47 Å². The number of phenols is 1. The second kappa shape index (κ2) is 7.47. The monoisotopic (exact) mass is 372 g/mol. The van der Waals surface area contributed by atoms with Crippen LogP contribution < -0.4 is 10.1 Å². The van der Waals surface area contributed by atoms with E-state index in [1.165, 1.54) is 19.3 Å². The SMILES string of the molecule is COc1cc(/C=C(/C#N)C(=O)Nc2ccc(Br)cc2)ccc1O. The van der Waals surface area contributed by atoms with Crippen molar-refractivity contribution >= 4 is 33.6 Å². The lowest BCUT2D eigenvalue weighted by Crippen LogP contribution is -2.13. The first-order valence-electron chi connectivity index (χ1n) is 6.59. The molecular formula is C17H13BrN2O3. The largest absolute Gasteiger partial charge is 0.504 e. The molecule has 1 amide bonds. The molecule has 2 N–H and O–H groups in total. The highest BCUT2D eigenvalue weighted by atomic mass is 79.9. The second-order valence-electron chi connectivity index (χ2n) is 4.56. The molecule has 0 spiro atoms. The van der Waals surface area contributed by atoms with Gasteiger partial charge in [-0.2, -0.15) is 5.26 Å². The summed E-state index contributed by atoms with van der Waals surface area (Å²) in [7, 11) is 1.42. The van der Waals surface area contributed by atoms with E-state index in [-0.39, 0.29) is 17.1 Å². The van der Waals surface area contributed by atoms with Crippen LogP contribution in [0.25, 0.3) is 6.08 Å². The summed E-state index contributed by atoms with van der Waals surface area (Å²) in [5.74, 6) is -0.256. The number of aromatic hydroxyl groups is 1.